The van der Waals surface area contributed by atoms with Gasteiger partial charge in [-0.25, -0.2) is 14.8 Å². The van der Waals surface area contributed by atoms with E-state index >= 15 is 0 Å². The molecule has 3 N–H and O–H groups in total. The van der Waals surface area contributed by atoms with E-state index in [0.717, 1.165) is 0 Å². The van der Waals surface area contributed by atoms with Crippen molar-refractivity contribution >= 4 is 57.5 Å². The minimum Gasteiger partial charge on any atom is -0.353 e. The van der Waals surface area contributed by atoms with Crippen LogP contribution >= 0.6 is 23.2 Å². The Hall–Kier alpha value is -2.76. The third-order valence-corrected chi connectivity index (χ3v) is 5.39. The molecule has 3 aromatic rings. The molecule has 8 nitrogen and oxygen atoms in total. The third-order valence-electron chi connectivity index (χ3n) is 4.90. The molecule has 1 aliphatic heterocycles. The number of aromatic nitrogens is 3. The van der Waals surface area contributed by atoms with Crippen molar-refractivity contribution in [3.8, 4) is 0 Å². The van der Waals surface area contributed by atoms with Crippen molar-refractivity contribution in [2.24, 2.45) is 0 Å². The van der Waals surface area contributed by atoms with Crippen LogP contribution in [0, 0.1) is 0 Å². The van der Waals surface area contributed by atoms with Gasteiger partial charge in [0.05, 0.1) is 34.2 Å². The molecule has 0 radical (unpaired) electrons. The van der Waals surface area contributed by atoms with Crippen molar-refractivity contribution in [3.63, 3.8) is 0 Å². The number of hydrogen-bond donors (Lipinski definition) is 3. The predicted octanol–water partition coefficient (Wildman–Crippen LogP) is 4.59. The average Bonchev–Trinajstić information content (AvgIpc) is 3.09. The van der Waals surface area contributed by atoms with Gasteiger partial charge in [0.2, 0.25) is 0 Å². The van der Waals surface area contributed by atoms with Gasteiger partial charge in [0.1, 0.15) is 11.5 Å². The predicted molar refractivity (Wildman–Crippen MR) is 118 cm³/mol. The number of rotatable bonds is 4. The summed E-state index contributed by atoms with van der Waals surface area (Å²) >= 11 is 12.3. The Morgan fingerprint density at radius 1 is 1.09 bits per heavy atom. The van der Waals surface area contributed by atoms with Gasteiger partial charge in [-0.15, -0.1) is 0 Å². The first-order valence-corrected chi connectivity index (χ1v) is 10.3. The average molecular weight is 488 g/mol. The molecule has 0 aromatic carbocycles. The Balaban J connectivity index is 1.37. The first-order chi connectivity index (χ1) is 15.2. The van der Waals surface area contributed by atoms with E-state index in [4.69, 9.17) is 23.2 Å². The first kappa shape index (κ1) is 22.4. The molecule has 1 saturated heterocycles. The Morgan fingerprint density at radius 3 is 2.53 bits per heavy atom. The van der Waals surface area contributed by atoms with E-state index in [1.54, 1.807) is 18.3 Å². The van der Waals surface area contributed by atoms with Gasteiger partial charge >= 0.3 is 12.2 Å². The highest BCUT2D eigenvalue weighted by Gasteiger charge is 2.32. The molecule has 0 bridgehead atoms. The molecule has 0 saturated carbocycles. The Kier molecular flexibility index (Phi) is 6.31. The van der Waals surface area contributed by atoms with Crippen LogP contribution in [-0.4, -0.2) is 64.8 Å². The fraction of sp³-hybridized carbons (Fsp3) is 0.316. The summed E-state index contributed by atoms with van der Waals surface area (Å²) in [6.07, 6.45) is 0.313. The number of H-pyrrole nitrogens is 1. The van der Waals surface area contributed by atoms with Crippen molar-refractivity contribution in [1.82, 2.24) is 19.9 Å². The number of alkyl halides is 3. The number of halogens is 5. The molecule has 0 atom stereocenters. The second kappa shape index (κ2) is 9.00. The maximum absolute atomic E-state index is 12.5. The molecule has 4 rings (SSSR count). The quantitative estimate of drug-likeness (QED) is 0.500. The summed E-state index contributed by atoms with van der Waals surface area (Å²) in [5.74, 6) is 0.460. The Labute approximate surface area is 190 Å². The van der Waals surface area contributed by atoms with Crippen LogP contribution in [-0.2, 0) is 0 Å². The molecule has 0 unspecified atom stereocenters. The van der Waals surface area contributed by atoms with Crippen LogP contribution in [0.2, 0.25) is 10.0 Å². The lowest BCUT2D eigenvalue weighted by Crippen LogP contribution is -2.49. The lowest BCUT2D eigenvalue weighted by atomic mass is 10.3. The van der Waals surface area contributed by atoms with E-state index in [1.165, 1.54) is 17.3 Å². The second-order valence-corrected chi connectivity index (χ2v) is 8.08. The summed E-state index contributed by atoms with van der Waals surface area (Å²) in [5, 5.41) is 6.73. The summed E-state index contributed by atoms with van der Waals surface area (Å²) in [7, 11) is 0. The molecular weight excluding hydrogens is 470 g/mol. The number of piperazine rings is 1. The zero-order chi connectivity index (χ0) is 22.9. The molecule has 1 aliphatic rings. The number of carbonyl (C=O) groups excluding carboxylic acids is 1. The molecule has 1 fully saturated rings. The Morgan fingerprint density at radius 2 is 1.84 bits per heavy atom. The maximum Gasteiger partial charge on any atom is 0.401 e. The van der Waals surface area contributed by atoms with Gasteiger partial charge in [-0.3, -0.25) is 4.90 Å². The monoisotopic (exact) mass is 487 g/mol. The number of carbonyl (C=O) groups is 1. The van der Waals surface area contributed by atoms with E-state index in [-0.39, 0.29) is 18.1 Å². The van der Waals surface area contributed by atoms with Crippen LogP contribution in [0.5, 0.6) is 0 Å². The van der Waals surface area contributed by atoms with Crippen LogP contribution in [0.25, 0.3) is 11.0 Å². The number of aromatic amines is 1. The van der Waals surface area contributed by atoms with Crippen LogP contribution in [0.4, 0.5) is 35.2 Å². The molecule has 32 heavy (non-hydrogen) atoms. The minimum absolute atomic E-state index is 0.253. The molecule has 13 heteroatoms. The van der Waals surface area contributed by atoms with Crippen molar-refractivity contribution in [2.75, 3.05) is 48.3 Å². The number of nitrogens with one attached hydrogen (secondary N) is 3. The number of anilines is 3. The SMILES string of the molecule is O=C(Nc1cnc(N2CCN(CC(F)(F)F)CC2)c(Cl)c1)Nc1c[nH]c2ncc(Cl)cc12. The number of hydrogen-bond acceptors (Lipinski definition) is 5. The zero-order valence-corrected chi connectivity index (χ0v) is 18.0. The van der Waals surface area contributed by atoms with Crippen molar-refractivity contribution in [1.29, 1.82) is 0 Å². The summed E-state index contributed by atoms with van der Waals surface area (Å²) < 4.78 is 37.6. The van der Waals surface area contributed by atoms with Gasteiger partial charge in [-0.1, -0.05) is 23.2 Å². The van der Waals surface area contributed by atoms with Gasteiger partial charge in [0.25, 0.3) is 0 Å². The first-order valence-electron chi connectivity index (χ1n) is 9.58. The number of nitrogens with zero attached hydrogens (tertiary/aromatic N) is 4. The van der Waals surface area contributed by atoms with Gasteiger partial charge in [0, 0.05) is 44.0 Å². The molecule has 0 spiro atoms. The van der Waals surface area contributed by atoms with Crippen LogP contribution in [0.1, 0.15) is 0 Å². The van der Waals surface area contributed by atoms with Crippen LogP contribution < -0.4 is 15.5 Å². The molecular formula is C19H18Cl2F3N7O. The number of urea groups is 1. The molecule has 2 amide bonds. The van der Waals surface area contributed by atoms with Crippen LogP contribution in [0.3, 0.4) is 0 Å². The summed E-state index contributed by atoms with van der Waals surface area (Å²) in [4.78, 5) is 26.9. The van der Waals surface area contributed by atoms with E-state index in [9.17, 15) is 18.0 Å². The van der Waals surface area contributed by atoms with Gasteiger partial charge in [-0.05, 0) is 12.1 Å². The third kappa shape index (κ3) is 5.34. The largest absolute Gasteiger partial charge is 0.401 e. The van der Waals surface area contributed by atoms with Crippen LogP contribution in [0.15, 0.2) is 30.7 Å². The van der Waals surface area contributed by atoms with Crippen molar-refractivity contribution in [2.45, 2.75) is 6.18 Å². The van der Waals surface area contributed by atoms with Crippen molar-refractivity contribution < 1.29 is 18.0 Å². The smallest absolute Gasteiger partial charge is 0.353 e. The summed E-state index contributed by atoms with van der Waals surface area (Å²) in [5.41, 5.74) is 1.44. The van der Waals surface area contributed by atoms with Gasteiger partial charge < -0.3 is 20.5 Å². The highest BCUT2D eigenvalue weighted by molar-refractivity contribution is 6.33. The second-order valence-electron chi connectivity index (χ2n) is 7.24. The van der Waals surface area contributed by atoms with E-state index in [2.05, 4.69) is 25.6 Å². The normalized spacial score (nSPS) is 15.2. The fourth-order valence-electron chi connectivity index (χ4n) is 3.47. The zero-order valence-electron chi connectivity index (χ0n) is 16.5. The lowest BCUT2D eigenvalue weighted by Gasteiger charge is -2.36. The summed E-state index contributed by atoms with van der Waals surface area (Å²) in [6.45, 7) is 0.311. The number of amides is 2. The summed E-state index contributed by atoms with van der Waals surface area (Å²) in [6, 6.07) is 2.70. The fourth-order valence-corrected chi connectivity index (χ4v) is 3.91. The van der Waals surface area contributed by atoms with E-state index in [0.29, 0.717) is 46.3 Å². The van der Waals surface area contributed by atoms with E-state index in [1.807, 2.05) is 4.90 Å². The minimum atomic E-state index is -4.22. The number of fused-ring (bicyclic) bond motifs is 1. The maximum atomic E-state index is 12.5. The molecule has 170 valence electrons. The van der Waals surface area contributed by atoms with Crippen molar-refractivity contribution in [3.05, 3.63) is 40.8 Å². The number of pyridine rings is 2. The standard InChI is InChI=1S/C19H18Cl2F3N7O/c20-11-5-13-15(9-26-16(13)25-7-11)29-18(32)28-12-6-14(21)17(27-8-12)31-3-1-30(2-4-31)10-19(22,23)24/h5-9H,1-4,10H2,(H,25,26)(H2,28,29,32). The lowest BCUT2D eigenvalue weighted by molar-refractivity contribution is -0.146. The van der Waals surface area contributed by atoms with Gasteiger partial charge in [-0.2, -0.15) is 13.2 Å². The highest BCUT2D eigenvalue weighted by atomic mass is 35.5. The molecule has 4 heterocycles. The Bertz CT molecular complexity index is 1130. The van der Waals surface area contributed by atoms with Gasteiger partial charge in [0.15, 0.2) is 0 Å². The highest BCUT2D eigenvalue weighted by Crippen LogP contribution is 2.28. The molecule has 0 aliphatic carbocycles. The topological polar surface area (TPSA) is 89.2 Å². The molecule has 3 aromatic heterocycles. The van der Waals surface area contributed by atoms with E-state index < -0.39 is 18.8 Å².